The average molecular weight is 504 g/mol. The number of halogens is 1. The van der Waals surface area contributed by atoms with E-state index in [2.05, 4.69) is 15.3 Å². The predicted octanol–water partition coefficient (Wildman–Crippen LogP) is 2.46. The van der Waals surface area contributed by atoms with Crippen molar-refractivity contribution < 1.29 is 27.1 Å². The molecule has 5 rings (SSSR count). The van der Waals surface area contributed by atoms with Crippen LogP contribution in [0.2, 0.25) is 0 Å². The first-order chi connectivity index (χ1) is 16.6. The molecule has 35 heavy (non-hydrogen) atoms. The van der Waals surface area contributed by atoms with Gasteiger partial charge in [0.05, 0.1) is 40.4 Å². The van der Waals surface area contributed by atoms with Crippen molar-refractivity contribution in [2.24, 2.45) is 0 Å². The van der Waals surface area contributed by atoms with Crippen LogP contribution < -0.4 is 10.1 Å². The minimum atomic E-state index is -3.11. The van der Waals surface area contributed by atoms with Crippen LogP contribution in [0.5, 0.6) is 5.75 Å². The van der Waals surface area contributed by atoms with Crippen LogP contribution in [0.1, 0.15) is 43.1 Å². The molecular weight excluding hydrogens is 477 g/mol. The number of carbonyl (C=O) groups is 1. The SMILES string of the molecule is CC(F)Oc1cncc(-c2nn(C3CCOCC3)c3cc(C(=O)NC4(C)CS(=O)(=O)C4)cnc23)c1. The fraction of sp³-hybridized carbons (Fsp3) is 0.478. The van der Waals surface area contributed by atoms with E-state index < -0.39 is 27.6 Å². The summed E-state index contributed by atoms with van der Waals surface area (Å²) in [5, 5.41) is 7.65. The summed E-state index contributed by atoms with van der Waals surface area (Å²) in [5.41, 5.74) is 1.89. The van der Waals surface area contributed by atoms with Crippen molar-refractivity contribution in [3.8, 4) is 17.0 Å². The summed E-state index contributed by atoms with van der Waals surface area (Å²) in [5.74, 6) is -0.304. The minimum absolute atomic E-state index is 0.0488. The lowest BCUT2D eigenvalue weighted by Crippen LogP contribution is -2.63. The summed E-state index contributed by atoms with van der Waals surface area (Å²) in [4.78, 5) is 21.7. The van der Waals surface area contributed by atoms with Crippen LogP contribution in [-0.4, -0.2) is 70.7 Å². The highest BCUT2D eigenvalue weighted by atomic mass is 32.2. The molecule has 2 aliphatic heterocycles. The minimum Gasteiger partial charge on any atom is -0.459 e. The van der Waals surface area contributed by atoms with Crippen molar-refractivity contribution in [1.29, 1.82) is 0 Å². The molecule has 0 saturated carbocycles. The van der Waals surface area contributed by atoms with Crippen LogP contribution in [0, 0.1) is 0 Å². The van der Waals surface area contributed by atoms with Gasteiger partial charge in [-0.05, 0) is 31.9 Å². The Labute approximate surface area is 201 Å². The zero-order chi connectivity index (χ0) is 24.8. The highest BCUT2D eigenvalue weighted by molar-refractivity contribution is 7.93. The molecule has 12 heteroatoms. The number of hydrogen-bond donors (Lipinski definition) is 1. The maximum atomic E-state index is 13.4. The third kappa shape index (κ3) is 4.85. The Kier molecular flexibility index (Phi) is 5.96. The first-order valence-electron chi connectivity index (χ1n) is 11.4. The largest absolute Gasteiger partial charge is 0.459 e. The van der Waals surface area contributed by atoms with E-state index in [1.54, 1.807) is 25.3 Å². The van der Waals surface area contributed by atoms with Gasteiger partial charge in [0.2, 0.25) is 6.36 Å². The van der Waals surface area contributed by atoms with Crippen molar-refractivity contribution in [3.63, 3.8) is 0 Å². The molecule has 1 N–H and O–H groups in total. The molecule has 3 aromatic rings. The molecule has 0 bridgehead atoms. The van der Waals surface area contributed by atoms with E-state index in [1.807, 2.05) is 4.68 Å². The topological polar surface area (TPSA) is 125 Å². The van der Waals surface area contributed by atoms with Gasteiger partial charge in [0.15, 0.2) is 9.84 Å². The van der Waals surface area contributed by atoms with Gasteiger partial charge in [-0.2, -0.15) is 5.10 Å². The number of rotatable bonds is 6. The molecule has 10 nitrogen and oxygen atoms in total. The summed E-state index contributed by atoms with van der Waals surface area (Å²) in [6.07, 6.45) is 4.49. The number of ether oxygens (including phenoxy) is 2. The third-order valence-electron chi connectivity index (χ3n) is 6.12. The van der Waals surface area contributed by atoms with Crippen LogP contribution in [0.3, 0.4) is 0 Å². The molecule has 1 amide bonds. The smallest absolute Gasteiger partial charge is 0.253 e. The second-order valence-electron chi connectivity index (χ2n) is 9.35. The van der Waals surface area contributed by atoms with Gasteiger partial charge in [0, 0.05) is 38.1 Å². The number of hydrogen-bond acceptors (Lipinski definition) is 8. The highest BCUT2D eigenvalue weighted by Gasteiger charge is 2.45. The van der Waals surface area contributed by atoms with Crippen LogP contribution in [0.4, 0.5) is 4.39 Å². The van der Waals surface area contributed by atoms with Gasteiger partial charge in [-0.1, -0.05) is 0 Å². The molecule has 1 unspecified atom stereocenters. The van der Waals surface area contributed by atoms with Crippen molar-refractivity contribution in [3.05, 3.63) is 36.3 Å². The molecule has 3 aromatic heterocycles. The summed E-state index contributed by atoms with van der Waals surface area (Å²) in [6.45, 7) is 4.19. The summed E-state index contributed by atoms with van der Waals surface area (Å²) < 4.78 is 49.1. The molecule has 1 atom stereocenters. The molecule has 0 aliphatic carbocycles. The average Bonchev–Trinajstić information content (AvgIpc) is 3.17. The first kappa shape index (κ1) is 23.6. The fourth-order valence-electron chi connectivity index (χ4n) is 4.69. The van der Waals surface area contributed by atoms with Gasteiger partial charge in [0.1, 0.15) is 17.0 Å². The van der Waals surface area contributed by atoms with Gasteiger partial charge in [-0.25, -0.2) is 12.8 Å². The van der Waals surface area contributed by atoms with Crippen molar-refractivity contribution >= 4 is 26.8 Å². The van der Waals surface area contributed by atoms with Crippen molar-refractivity contribution in [2.45, 2.75) is 44.6 Å². The second kappa shape index (κ2) is 8.83. The second-order valence-corrected chi connectivity index (χ2v) is 11.4. The zero-order valence-electron chi connectivity index (χ0n) is 19.4. The van der Waals surface area contributed by atoms with E-state index >= 15 is 0 Å². The van der Waals surface area contributed by atoms with Crippen LogP contribution in [0.25, 0.3) is 22.3 Å². The number of aromatic nitrogens is 4. The number of nitrogens with zero attached hydrogens (tertiary/aromatic N) is 4. The van der Waals surface area contributed by atoms with E-state index in [0.717, 1.165) is 12.8 Å². The van der Waals surface area contributed by atoms with Gasteiger partial charge < -0.3 is 14.8 Å². The lowest BCUT2D eigenvalue weighted by Gasteiger charge is -2.38. The molecule has 186 valence electrons. The third-order valence-corrected chi connectivity index (χ3v) is 8.28. The predicted molar refractivity (Wildman–Crippen MR) is 126 cm³/mol. The standard InChI is InChI=1S/C23H26FN5O5S/c1-14(24)34-18-7-15(9-25-11-18)20-21-19(29(28-20)17-3-5-33-6-4-17)8-16(10-26-21)22(30)27-23(2)12-35(31,32)13-23/h7-11,14,17H,3-6,12-13H2,1-2H3,(H,27,30). The van der Waals surface area contributed by atoms with E-state index in [-0.39, 0.29) is 23.3 Å². The monoisotopic (exact) mass is 503 g/mol. The van der Waals surface area contributed by atoms with E-state index in [1.165, 1.54) is 19.3 Å². The summed E-state index contributed by atoms with van der Waals surface area (Å²) >= 11 is 0. The van der Waals surface area contributed by atoms with E-state index in [0.29, 0.717) is 41.1 Å². The van der Waals surface area contributed by atoms with Crippen LogP contribution >= 0.6 is 0 Å². The van der Waals surface area contributed by atoms with Crippen molar-refractivity contribution in [2.75, 3.05) is 24.7 Å². The molecule has 0 aromatic carbocycles. The van der Waals surface area contributed by atoms with Gasteiger partial charge in [-0.15, -0.1) is 0 Å². The van der Waals surface area contributed by atoms with Crippen LogP contribution in [0.15, 0.2) is 30.7 Å². The summed E-state index contributed by atoms with van der Waals surface area (Å²) in [6, 6.07) is 3.42. The number of carbonyl (C=O) groups excluding carboxylic acids is 1. The maximum Gasteiger partial charge on any atom is 0.253 e. The molecule has 0 radical (unpaired) electrons. The Morgan fingerprint density at radius 2 is 2.00 bits per heavy atom. The number of amides is 1. The lowest BCUT2D eigenvalue weighted by molar-refractivity contribution is 0.0675. The normalized spacial score (nSPS) is 20.2. The highest BCUT2D eigenvalue weighted by Crippen LogP contribution is 2.33. The summed E-state index contributed by atoms with van der Waals surface area (Å²) in [7, 11) is -3.11. The zero-order valence-corrected chi connectivity index (χ0v) is 20.2. The number of alkyl halides is 1. The molecular formula is C23H26FN5O5S. The Hall–Kier alpha value is -3.12. The van der Waals surface area contributed by atoms with E-state index in [9.17, 15) is 17.6 Å². The maximum absolute atomic E-state index is 13.4. The molecule has 2 fully saturated rings. The van der Waals surface area contributed by atoms with Gasteiger partial charge in [-0.3, -0.25) is 19.4 Å². The number of pyridine rings is 2. The van der Waals surface area contributed by atoms with Crippen molar-refractivity contribution in [1.82, 2.24) is 25.1 Å². The number of sulfone groups is 1. The Morgan fingerprint density at radius 3 is 2.69 bits per heavy atom. The Morgan fingerprint density at radius 1 is 1.26 bits per heavy atom. The Balaban J connectivity index is 1.54. The number of fused-ring (bicyclic) bond motifs is 1. The molecule has 0 spiro atoms. The molecule has 2 saturated heterocycles. The Bertz CT molecular complexity index is 1370. The van der Waals surface area contributed by atoms with Gasteiger partial charge >= 0.3 is 0 Å². The molecule has 2 aliphatic rings. The lowest BCUT2D eigenvalue weighted by atomic mass is 10.1. The quantitative estimate of drug-likeness (QED) is 0.544. The first-order valence-corrected chi connectivity index (χ1v) is 13.2. The van der Waals surface area contributed by atoms with E-state index in [4.69, 9.17) is 14.6 Å². The number of nitrogens with one attached hydrogen (secondary N) is 1. The van der Waals surface area contributed by atoms with Crippen LogP contribution in [-0.2, 0) is 14.6 Å². The molecule has 5 heterocycles. The fourth-order valence-corrected chi connectivity index (χ4v) is 6.69. The van der Waals surface area contributed by atoms with Gasteiger partial charge in [0.25, 0.3) is 5.91 Å².